The van der Waals surface area contributed by atoms with E-state index >= 15 is 0 Å². The van der Waals surface area contributed by atoms with Gasteiger partial charge >= 0.3 is 0 Å². The molecule has 16 heavy (non-hydrogen) atoms. The Labute approximate surface area is 94.7 Å². The third-order valence-electron chi connectivity index (χ3n) is 1.74. The van der Waals surface area contributed by atoms with Crippen LogP contribution in [0.4, 0.5) is 10.8 Å². The predicted molar refractivity (Wildman–Crippen MR) is 59.9 cm³/mol. The highest BCUT2D eigenvalue weighted by Crippen LogP contribution is 2.11. The van der Waals surface area contributed by atoms with Gasteiger partial charge in [0.15, 0.2) is 0 Å². The highest BCUT2D eigenvalue weighted by atomic mass is 32.1. The zero-order chi connectivity index (χ0) is 11.4. The Morgan fingerprint density at radius 2 is 2.38 bits per heavy atom. The highest BCUT2D eigenvalue weighted by molar-refractivity contribution is 7.13. The van der Waals surface area contributed by atoms with E-state index in [9.17, 15) is 4.79 Å². The number of hydrogen-bond acceptors (Lipinski definition) is 7. The van der Waals surface area contributed by atoms with Gasteiger partial charge in [-0.15, -0.1) is 10.2 Å². The number of amides is 1. The van der Waals surface area contributed by atoms with Gasteiger partial charge in [0.05, 0.1) is 5.69 Å². The molecule has 0 aromatic carbocycles. The van der Waals surface area contributed by atoms with Crippen molar-refractivity contribution in [1.29, 1.82) is 0 Å². The molecule has 0 unspecified atom stereocenters. The van der Waals surface area contributed by atoms with E-state index in [1.54, 1.807) is 6.07 Å². The van der Waals surface area contributed by atoms with Crippen molar-refractivity contribution in [2.75, 3.05) is 10.7 Å². The van der Waals surface area contributed by atoms with Crippen LogP contribution in [0.15, 0.2) is 23.8 Å². The number of nitrogens with zero attached hydrogens (tertiary/aromatic N) is 3. The van der Waals surface area contributed by atoms with Crippen molar-refractivity contribution in [3.8, 4) is 0 Å². The highest BCUT2D eigenvalue weighted by Gasteiger charge is 2.09. The maximum absolute atomic E-state index is 11.7. The third kappa shape index (κ3) is 2.30. The summed E-state index contributed by atoms with van der Waals surface area (Å²) in [5.41, 5.74) is 4.83. The van der Waals surface area contributed by atoms with Gasteiger partial charge in [-0.3, -0.25) is 20.9 Å². The predicted octanol–water partition coefficient (Wildman–Crippen LogP) is 0.471. The molecular formula is C8H8N6OS. The monoisotopic (exact) mass is 236 g/mol. The molecule has 0 spiro atoms. The van der Waals surface area contributed by atoms with E-state index in [4.69, 9.17) is 5.84 Å². The first-order chi connectivity index (χ1) is 7.79. The van der Waals surface area contributed by atoms with Crippen molar-refractivity contribution in [3.05, 3.63) is 29.5 Å². The van der Waals surface area contributed by atoms with Gasteiger partial charge in [0.25, 0.3) is 5.91 Å². The molecule has 4 N–H and O–H groups in total. The molecular weight excluding hydrogens is 228 g/mol. The molecule has 2 aromatic rings. The van der Waals surface area contributed by atoms with Gasteiger partial charge in [0.1, 0.15) is 11.2 Å². The van der Waals surface area contributed by atoms with Gasteiger partial charge in [-0.2, -0.15) is 0 Å². The van der Waals surface area contributed by atoms with E-state index in [1.807, 2.05) is 0 Å². The Morgan fingerprint density at radius 3 is 3.06 bits per heavy atom. The summed E-state index contributed by atoms with van der Waals surface area (Å²) >= 11 is 1.23. The third-order valence-corrected chi connectivity index (χ3v) is 2.35. The normalized spacial score (nSPS) is 9.81. The second-order valence-electron chi connectivity index (χ2n) is 2.77. The molecule has 0 bridgehead atoms. The van der Waals surface area contributed by atoms with E-state index in [1.165, 1.54) is 29.1 Å². The number of carbonyl (C=O) groups is 1. The first-order valence-electron chi connectivity index (χ1n) is 4.30. The minimum absolute atomic E-state index is 0.255. The average molecular weight is 236 g/mol. The topological polar surface area (TPSA) is 106 Å². The molecule has 0 saturated carbocycles. The van der Waals surface area contributed by atoms with Crippen LogP contribution < -0.4 is 16.6 Å². The number of pyridine rings is 1. The number of nitrogen functional groups attached to an aromatic ring is 1. The summed E-state index contributed by atoms with van der Waals surface area (Å²) in [7, 11) is 0. The van der Waals surface area contributed by atoms with Gasteiger partial charge in [0, 0.05) is 6.20 Å². The van der Waals surface area contributed by atoms with Crippen LogP contribution in [-0.4, -0.2) is 21.1 Å². The van der Waals surface area contributed by atoms with E-state index < -0.39 is 0 Å². The summed E-state index contributed by atoms with van der Waals surface area (Å²) in [6, 6.07) is 3.19. The Kier molecular flexibility index (Phi) is 3.03. The van der Waals surface area contributed by atoms with Crippen molar-refractivity contribution >= 4 is 28.1 Å². The van der Waals surface area contributed by atoms with Crippen LogP contribution in [0.3, 0.4) is 0 Å². The number of rotatable bonds is 3. The number of carbonyl (C=O) groups excluding carboxylic acids is 1. The van der Waals surface area contributed by atoms with Gasteiger partial charge in [-0.25, -0.2) is 0 Å². The molecule has 2 rings (SSSR count). The minimum Gasteiger partial charge on any atom is -0.324 e. The maximum Gasteiger partial charge on any atom is 0.276 e. The molecule has 8 heteroatoms. The fourth-order valence-corrected chi connectivity index (χ4v) is 1.47. The van der Waals surface area contributed by atoms with Crippen LogP contribution in [0.1, 0.15) is 10.5 Å². The van der Waals surface area contributed by atoms with Crippen molar-refractivity contribution in [2.24, 2.45) is 5.84 Å². The molecule has 0 saturated heterocycles. The van der Waals surface area contributed by atoms with Gasteiger partial charge < -0.3 is 5.43 Å². The molecule has 0 fully saturated rings. The number of hydrogen-bond donors (Lipinski definition) is 3. The number of nitrogens with one attached hydrogen (secondary N) is 2. The fraction of sp³-hybridized carbons (Fsp3) is 0. The average Bonchev–Trinajstić information content (AvgIpc) is 2.82. The van der Waals surface area contributed by atoms with Crippen molar-refractivity contribution in [2.45, 2.75) is 0 Å². The van der Waals surface area contributed by atoms with Crippen LogP contribution in [0.2, 0.25) is 0 Å². The Hall–Kier alpha value is -2.06. The van der Waals surface area contributed by atoms with Gasteiger partial charge in [-0.05, 0) is 12.1 Å². The molecule has 0 aliphatic heterocycles. The first kappa shape index (κ1) is 10.5. The molecule has 7 nitrogen and oxygen atoms in total. The zero-order valence-electron chi connectivity index (χ0n) is 8.04. The molecule has 82 valence electrons. The van der Waals surface area contributed by atoms with Crippen LogP contribution >= 0.6 is 11.3 Å². The van der Waals surface area contributed by atoms with Gasteiger partial charge in [0.2, 0.25) is 5.13 Å². The standard InChI is InChI=1S/C8H8N6OS/c9-13-5-1-2-10-6(3-5)7(15)12-8-14-11-4-16-8/h1-4H,9H2,(H,10,13)(H,12,14,15). The van der Waals surface area contributed by atoms with Crippen molar-refractivity contribution in [3.63, 3.8) is 0 Å². The number of anilines is 2. The maximum atomic E-state index is 11.7. The van der Waals surface area contributed by atoms with Gasteiger partial charge in [-0.1, -0.05) is 11.3 Å². The zero-order valence-corrected chi connectivity index (χ0v) is 8.86. The lowest BCUT2D eigenvalue weighted by atomic mass is 10.3. The van der Waals surface area contributed by atoms with Crippen molar-refractivity contribution in [1.82, 2.24) is 15.2 Å². The molecule has 2 heterocycles. The molecule has 0 radical (unpaired) electrons. The fourth-order valence-electron chi connectivity index (χ4n) is 1.03. The SMILES string of the molecule is NNc1ccnc(C(=O)Nc2nncs2)c1. The van der Waals surface area contributed by atoms with Crippen molar-refractivity contribution < 1.29 is 4.79 Å². The van der Waals surface area contributed by atoms with Crippen LogP contribution in [0, 0.1) is 0 Å². The number of aromatic nitrogens is 3. The van der Waals surface area contributed by atoms with E-state index in [2.05, 4.69) is 25.9 Å². The molecule has 0 aliphatic carbocycles. The lowest BCUT2D eigenvalue weighted by Gasteiger charge is -2.02. The number of nitrogens with two attached hydrogens (primary N) is 1. The molecule has 0 atom stereocenters. The summed E-state index contributed by atoms with van der Waals surface area (Å²) < 4.78 is 0. The molecule has 0 aliphatic rings. The smallest absolute Gasteiger partial charge is 0.276 e. The summed E-state index contributed by atoms with van der Waals surface area (Å²) in [5, 5.41) is 10.3. The van der Waals surface area contributed by atoms with E-state index in [0.29, 0.717) is 10.8 Å². The summed E-state index contributed by atoms with van der Waals surface area (Å²) in [5.74, 6) is 4.87. The largest absolute Gasteiger partial charge is 0.324 e. The summed E-state index contributed by atoms with van der Waals surface area (Å²) in [6.07, 6.45) is 1.49. The second kappa shape index (κ2) is 4.64. The minimum atomic E-state index is -0.353. The second-order valence-corrected chi connectivity index (χ2v) is 3.61. The Morgan fingerprint density at radius 1 is 1.50 bits per heavy atom. The van der Waals surface area contributed by atoms with Crippen LogP contribution in [-0.2, 0) is 0 Å². The first-order valence-corrected chi connectivity index (χ1v) is 5.18. The molecule has 2 aromatic heterocycles. The molecule has 1 amide bonds. The lowest BCUT2D eigenvalue weighted by Crippen LogP contribution is -2.15. The lowest BCUT2D eigenvalue weighted by molar-refractivity contribution is 0.102. The van der Waals surface area contributed by atoms with E-state index in [-0.39, 0.29) is 11.6 Å². The Bertz CT molecular complexity index is 485. The Balaban J connectivity index is 2.14. The van der Waals surface area contributed by atoms with Crippen LogP contribution in [0.5, 0.6) is 0 Å². The quantitative estimate of drug-likeness (QED) is 0.528. The summed E-state index contributed by atoms with van der Waals surface area (Å²) in [4.78, 5) is 15.6. The summed E-state index contributed by atoms with van der Waals surface area (Å²) in [6.45, 7) is 0. The van der Waals surface area contributed by atoms with E-state index in [0.717, 1.165) is 0 Å². The van der Waals surface area contributed by atoms with Crippen LogP contribution in [0.25, 0.3) is 0 Å². The number of hydrazine groups is 1.